The first-order valence-corrected chi connectivity index (χ1v) is 7.17. The van der Waals surface area contributed by atoms with Crippen LogP contribution >= 0.6 is 0 Å². The lowest BCUT2D eigenvalue weighted by atomic mass is 10.1. The second-order valence-electron chi connectivity index (χ2n) is 5.25. The number of rotatable bonds is 3. The summed E-state index contributed by atoms with van der Waals surface area (Å²) in [5.74, 6) is 0. The first kappa shape index (κ1) is 12.8. The number of benzene rings is 1. The molecule has 0 unspecified atom stereocenters. The summed E-state index contributed by atoms with van der Waals surface area (Å²) in [6.07, 6.45) is 7.61. The van der Waals surface area contributed by atoms with Crippen LogP contribution in [0.4, 0.5) is 0 Å². The molecule has 0 bridgehead atoms. The van der Waals surface area contributed by atoms with Crippen molar-refractivity contribution in [2.24, 2.45) is 0 Å². The van der Waals surface area contributed by atoms with Gasteiger partial charge in [-0.15, -0.1) is 0 Å². The normalized spacial score (nSPS) is 11.3. The van der Waals surface area contributed by atoms with Crippen molar-refractivity contribution in [3.63, 3.8) is 0 Å². The van der Waals surface area contributed by atoms with Crippen LogP contribution in [0.1, 0.15) is 5.56 Å². The van der Waals surface area contributed by atoms with E-state index >= 15 is 0 Å². The van der Waals surface area contributed by atoms with Crippen molar-refractivity contribution >= 4 is 21.8 Å². The summed E-state index contributed by atoms with van der Waals surface area (Å²) in [6.45, 7) is 0.596. The van der Waals surface area contributed by atoms with Gasteiger partial charge >= 0.3 is 0 Å². The predicted molar refractivity (Wildman–Crippen MR) is 85.8 cm³/mol. The highest BCUT2D eigenvalue weighted by atomic mass is 16.1. The van der Waals surface area contributed by atoms with Gasteiger partial charge < -0.3 is 4.98 Å². The van der Waals surface area contributed by atoms with E-state index in [0.29, 0.717) is 17.4 Å². The van der Waals surface area contributed by atoms with E-state index in [9.17, 15) is 4.79 Å². The van der Waals surface area contributed by atoms with Crippen molar-refractivity contribution in [2.75, 3.05) is 0 Å². The summed E-state index contributed by atoms with van der Waals surface area (Å²) in [7, 11) is 0. The molecule has 5 heteroatoms. The van der Waals surface area contributed by atoms with E-state index in [4.69, 9.17) is 0 Å². The Labute approximate surface area is 126 Å². The number of aromatic amines is 1. The van der Waals surface area contributed by atoms with Gasteiger partial charge in [0.2, 0.25) is 0 Å². The highest BCUT2D eigenvalue weighted by Gasteiger charge is 2.06. The summed E-state index contributed by atoms with van der Waals surface area (Å²) in [5.41, 5.74) is 2.96. The lowest BCUT2D eigenvalue weighted by Crippen LogP contribution is -2.21. The van der Waals surface area contributed by atoms with E-state index in [1.165, 1.54) is 10.9 Å². The zero-order chi connectivity index (χ0) is 14.9. The molecule has 3 heterocycles. The van der Waals surface area contributed by atoms with E-state index in [2.05, 4.69) is 21.0 Å². The van der Waals surface area contributed by atoms with Gasteiger partial charge in [-0.25, -0.2) is 4.98 Å². The first-order chi connectivity index (χ1) is 10.8. The third kappa shape index (κ3) is 2.07. The van der Waals surface area contributed by atoms with Gasteiger partial charge in [0.05, 0.1) is 17.2 Å². The molecule has 108 valence electrons. The van der Waals surface area contributed by atoms with E-state index in [1.807, 2.05) is 24.4 Å². The van der Waals surface area contributed by atoms with Crippen LogP contribution in [0.15, 0.2) is 60.0 Å². The highest BCUT2D eigenvalue weighted by molar-refractivity contribution is 5.83. The maximum Gasteiger partial charge on any atom is 0.262 e. The molecule has 0 saturated heterocycles. The number of hydrogen-bond donors (Lipinski definition) is 1. The van der Waals surface area contributed by atoms with Crippen LogP contribution in [-0.2, 0) is 13.0 Å². The summed E-state index contributed by atoms with van der Waals surface area (Å²) in [4.78, 5) is 24.0. The Balaban J connectivity index is 1.67. The maximum atomic E-state index is 12.4. The molecule has 3 aromatic heterocycles. The van der Waals surface area contributed by atoms with E-state index in [-0.39, 0.29) is 5.56 Å². The van der Waals surface area contributed by atoms with Crippen LogP contribution in [0.25, 0.3) is 21.8 Å². The minimum Gasteiger partial charge on any atom is -0.361 e. The molecule has 0 aliphatic rings. The Morgan fingerprint density at radius 3 is 3.00 bits per heavy atom. The molecule has 0 spiro atoms. The molecule has 0 fully saturated rings. The Kier molecular flexibility index (Phi) is 2.96. The molecule has 1 N–H and O–H groups in total. The van der Waals surface area contributed by atoms with Crippen molar-refractivity contribution in [1.82, 2.24) is 19.5 Å². The number of hydrogen-bond acceptors (Lipinski definition) is 3. The molecule has 1 aromatic carbocycles. The van der Waals surface area contributed by atoms with Crippen LogP contribution in [0.2, 0.25) is 0 Å². The molecular weight excluding hydrogens is 276 g/mol. The lowest BCUT2D eigenvalue weighted by Gasteiger charge is -2.06. The van der Waals surface area contributed by atoms with Gasteiger partial charge in [0.15, 0.2) is 0 Å². The SMILES string of the molecule is O=c1c2cnccc2ncn1CCc1c[nH]c2ccccc12. The van der Waals surface area contributed by atoms with Crippen molar-refractivity contribution in [3.05, 3.63) is 71.2 Å². The molecular formula is C17H14N4O. The second-order valence-corrected chi connectivity index (χ2v) is 5.25. The molecule has 0 amide bonds. The fourth-order valence-electron chi connectivity index (χ4n) is 2.74. The summed E-state index contributed by atoms with van der Waals surface area (Å²) in [6, 6.07) is 9.92. The standard InChI is InChI=1S/C17H14N4O/c22-17-14-10-18-7-5-16(14)20-11-21(17)8-6-12-9-19-15-4-2-1-3-13(12)15/h1-5,7,9-11,19H,6,8H2. The Morgan fingerprint density at radius 1 is 1.14 bits per heavy atom. The van der Waals surface area contributed by atoms with Crippen molar-refractivity contribution in [2.45, 2.75) is 13.0 Å². The molecule has 4 aromatic rings. The number of aryl methyl sites for hydroxylation is 2. The quantitative estimate of drug-likeness (QED) is 0.630. The fourth-order valence-corrected chi connectivity index (χ4v) is 2.74. The molecule has 0 radical (unpaired) electrons. The van der Waals surface area contributed by atoms with Crippen molar-refractivity contribution in [1.29, 1.82) is 0 Å². The minimum absolute atomic E-state index is 0.0436. The summed E-state index contributed by atoms with van der Waals surface area (Å²) < 4.78 is 1.64. The fraction of sp³-hybridized carbons (Fsp3) is 0.118. The smallest absolute Gasteiger partial charge is 0.262 e. The van der Waals surface area contributed by atoms with Gasteiger partial charge in [-0.1, -0.05) is 18.2 Å². The molecule has 0 saturated carbocycles. The monoisotopic (exact) mass is 290 g/mol. The van der Waals surface area contributed by atoms with E-state index in [0.717, 1.165) is 11.9 Å². The number of para-hydroxylation sites is 1. The summed E-state index contributed by atoms with van der Waals surface area (Å²) in [5, 5.41) is 1.76. The molecule has 0 atom stereocenters. The summed E-state index contributed by atoms with van der Waals surface area (Å²) >= 11 is 0. The second kappa shape index (κ2) is 5.11. The van der Waals surface area contributed by atoms with E-state index < -0.39 is 0 Å². The molecule has 0 aliphatic carbocycles. The number of pyridine rings is 1. The first-order valence-electron chi connectivity index (χ1n) is 7.17. The van der Waals surface area contributed by atoms with Crippen LogP contribution in [0.5, 0.6) is 0 Å². The molecule has 22 heavy (non-hydrogen) atoms. The van der Waals surface area contributed by atoms with Gasteiger partial charge in [-0.3, -0.25) is 14.3 Å². The van der Waals surface area contributed by atoms with Crippen molar-refractivity contribution < 1.29 is 0 Å². The number of aromatic nitrogens is 4. The largest absolute Gasteiger partial charge is 0.361 e. The minimum atomic E-state index is -0.0436. The topological polar surface area (TPSA) is 63.6 Å². The van der Waals surface area contributed by atoms with Crippen LogP contribution in [0.3, 0.4) is 0 Å². The highest BCUT2D eigenvalue weighted by Crippen LogP contribution is 2.18. The van der Waals surface area contributed by atoms with Gasteiger partial charge in [0.1, 0.15) is 0 Å². The molecule has 4 rings (SSSR count). The Bertz CT molecular complexity index is 1020. The van der Waals surface area contributed by atoms with Gasteiger partial charge in [0, 0.05) is 36.0 Å². The predicted octanol–water partition coefficient (Wildman–Crippen LogP) is 2.52. The average Bonchev–Trinajstić information content (AvgIpc) is 2.98. The van der Waals surface area contributed by atoms with Crippen LogP contribution in [-0.4, -0.2) is 19.5 Å². The Morgan fingerprint density at radius 2 is 2.05 bits per heavy atom. The molecule has 0 aliphatic heterocycles. The number of nitrogens with zero attached hydrogens (tertiary/aromatic N) is 3. The number of nitrogens with one attached hydrogen (secondary N) is 1. The zero-order valence-corrected chi connectivity index (χ0v) is 11.9. The average molecular weight is 290 g/mol. The number of fused-ring (bicyclic) bond motifs is 2. The third-order valence-corrected chi connectivity index (χ3v) is 3.92. The Hall–Kier alpha value is -2.95. The van der Waals surface area contributed by atoms with Gasteiger partial charge in [-0.2, -0.15) is 0 Å². The zero-order valence-electron chi connectivity index (χ0n) is 11.9. The third-order valence-electron chi connectivity index (χ3n) is 3.92. The number of H-pyrrole nitrogens is 1. The van der Waals surface area contributed by atoms with Crippen molar-refractivity contribution in [3.8, 4) is 0 Å². The van der Waals surface area contributed by atoms with Crippen LogP contribution < -0.4 is 5.56 Å². The van der Waals surface area contributed by atoms with Gasteiger partial charge in [-0.05, 0) is 24.1 Å². The van der Waals surface area contributed by atoms with Crippen LogP contribution in [0, 0.1) is 0 Å². The molecule has 5 nitrogen and oxygen atoms in total. The van der Waals surface area contributed by atoms with E-state index in [1.54, 1.807) is 29.4 Å². The van der Waals surface area contributed by atoms with Gasteiger partial charge in [0.25, 0.3) is 5.56 Å². The lowest BCUT2D eigenvalue weighted by molar-refractivity contribution is 0.664. The maximum absolute atomic E-state index is 12.4.